The Morgan fingerprint density at radius 1 is 0.556 bits per heavy atom. The molecule has 0 unspecified atom stereocenters. The number of hydrogen-bond donors (Lipinski definition) is 0. The van der Waals surface area contributed by atoms with Crippen LogP contribution in [0.3, 0.4) is 0 Å². The van der Waals surface area contributed by atoms with Gasteiger partial charge in [-0.05, 0) is 0 Å². The molecule has 5 heteroatoms. The molecule has 0 rings (SSSR count). The van der Waals surface area contributed by atoms with Crippen molar-refractivity contribution >= 4 is 27.2 Å². The van der Waals surface area contributed by atoms with Crippen LogP contribution in [0.25, 0.3) is 0 Å². The summed E-state index contributed by atoms with van der Waals surface area (Å²) in [4.78, 5) is 30.0. The first-order chi connectivity index (χ1) is 4.00. The van der Waals surface area contributed by atoms with E-state index >= 15 is 0 Å². The van der Waals surface area contributed by atoms with E-state index in [1.54, 1.807) is 0 Å². The summed E-state index contributed by atoms with van der Waals surface area (Å²) in [6.07, 6.45) is 0. The van der Waals surface area contributed by atoms with Gasteiger partial charge in [0.25, 0.3) is 27.2 Å². The van der Waals surface area contributed by atoms with E-state index in [1.165, 1.54) is 0 Å². The van der Waals surface area contributed by atoms with E-state index in [1.807, 2.05) is 0 Å². The molecule has 0 fully saturated rings. The Balaban J connectivity index is -0.00000000267. The van der Waals surface area contributed by atoms with Gasteiger partial charge < -0.3 is 4.28 Å². The first-order valence-corrected chi connectivity index (χ1v) is 0.816. The fourth-order valence-electron chi connectivity index (χ4n) is 0. The van der Waals surface area contributed by atoms with Gasteiger partial charge in [0, 0.05) is 0 Å². The summed E-state index contributed by atoms with van der Waals surface area (Å²) in [5.41, 5.74) is 0. The van der Waals surface area contributed by atoms with Crippen LogP contribution >= 0.6 is 0 Å². The normalized spacial score (nSPS) is 1.78. The first kappa shape index (κ1) is 40.6. The number of carbonyl (C=O) groups excluding carboxylic acids is 4. The molecule has 52 valence electrons. The molecule has 0 amide bonds. The molecule has 0 aromatic rings. The van der Waals surface area contributed by atoms with Gasteiger partial charge in [-0.15, -0.1) is 0 Å². The predicted octanol–water partition coefficient (Wildman–Crippen LogP) is -1.25. The van der Waals surface area contributed by atoms with Crippen molar-refractivity contribution in [3.05, 3.63) is 0 Å². The molecule has 0 aliphatic heterocycles. The fraction of sp³-hybridized carbons (Fsp3) is 0. The maximum absolute atomic E-state index is 7.50. The van der Waals surface area contributed by atoms with Gasteiger partial charge in [-0.2, -0.15) is 0 Å². The Kier molecular flexibility index (Phi) is 2700. The van der Waals surface area contributed by atoms with E-state index in [2.05, 4.69) is 27.2 Å². The zero-order valence-electron chi connectivity index (χ0n) is 6.97. The summed E-state index contributed by atoms with van der Waals surface area (Å²) in [7, 11) is 0. The summed E-state index contributed by atoms with van der Waals surface area (Å²) < 4.78 is 0. The van der Waals surface area contributed by atoms with Crippen LogP contribution in [0.15, 0.2) is 0 Å². The van der Waals surface area contributed by atoms with Crippen LogP contribution in [0.4, 0.5) is 0 Å². The van der Waals surface area contributed by atoms with Crippen molar-refractivity contribution in [2.45, 2.75) is 0 Å². The standard InChI is InChI=1S/4CO.Rh.3H/c4*1-2;;;;/q;;;;+3;3*-1. The van der Waals surface area contributed by atoms with Crippen molar-refractivity contribution < 1.29 is 42.9 Å². The SMILES string of the molecule is [C]=O.[C]=O.[C]=O.[C]=O.[H-].[H-].[H-].[Rh+3]. The van der Waals surface area contributed by atoms with Crippen LogP contribution < -0.4 is 0 Å². The van der Waals surface area contributed by atoms with Crippen molar-refractivity contribution in [3.63, 3.8) is 0 Å². The minimum atomic E-state index is 0. The molecular weight excluding hydrogens is 215 g/mol. The molecular formula is C4H3O4Rh. The van der Waals surface area contributed by atoms with Gasteiger partial charge in [0.15, 0.2) is 0 Å². The molecule has 0 atom stereocenters. The van der Waals surface area contributed by atoms with Gasteiger partial charge in [-0.25, -0.2) is 0 Å². The quantitative estimate of drug-likeness (QED) is 0.476. The maximum Gasteiger partial charge on any atom is 3.00 e. The third-order valence-electron chi connectivity index (χ3n) is 0. The molecule has 9 heavy (non-hydrogen) atoms. The van der Waals surface area contributed by atoms with Crippen LogP contribution in [0.5, 0.6) is 0 Å². The van der Waals surface area contributed by atoms with Gasteiger partial charge in [0.05, 0.1) is 0 Å². The molecule has 0 aromatic heterocycles. The molecule has 8 radical (unpaired) electrons. The third-order valence-corrected chi connectivity index (χ3v) is 0. The molecule has 0 bridgehead atoms. The van der Waals surface area contributed by atoms with Crippen LogP contribution in [-0.4, -0.2) is 27.2 Å². The second-order valence-electron chi connectivity index (χ2n) is 0. The minimum Gasteiger partial charge on any atom is -1.00 e. The average Bonchev–Trinajstić information content (AvgIpc) is 2.03. The number of hydrogen-bond acceptors (Lipinski definition) is 4. The Hall–Kier alpha value is -0.697. The van der Waals surface area contributed by atoms with Crippen molar-refractivity contribution in [3.8, 4) is 0 Å². The van der Waals surface area contributed by atoms with Crippen LogP contribution in [0.2, 0.25) is 0 Å². The van der Waals surface area contributed by atoms with E-state index in [0.29, 0.717) is 0 Å². The van der Waals surface area contributed by atoms with E-state index in [9.17, 15) is 0 Å². The first-order valence-electron chi connectivity index (χ1n) is 0.816. The van der Waals surface area contributed by atoms with Crippen molar-refractivity contribution in [2.75, 3.05) is 0 Å². The Bertz CT molecular complexity index is 30.3. The Morgan fingerprint density at radius 2 is 0.556 bits per heavy atom. The second-order valence-corrected chi connectivity index (χ2v) is 0. The van der Waals surface area contributed by atoms with E-state index in [0.717, 1.165) is 0 Å². The van der Waals surface area contributed by atoms with E-state index in [-0.39, 0.29) is 23.8 Å². The van der Waals surface area contributed by atoms with Gasteiger partial charge >= 0.3 is 19.5 Å². The summed E-state index contributed by atoms with van der Waals surface area (Å²) in [5, 5.41) is 0. The monoisotopic (exact) mass is 218 g/mol. The number of rotatable bonds is 0. The second kappa shape index (κ2) is 598. The van der Waals surface area contributed by atoms with E-state index in [4.69, 9.17) is 19.2 Å². The topological polar surface area (TPSA) is 68.3 Å². The van der Waals surface area contributed by atoms with Gasteiger partial charge in [0.2, 0.25) is 0 Å². The zero-order valence-corrected chi connectivity index (χ0v) is 5.61. The molecule has 0 aromatic carbocycles. The Labute approximate surface area is 70.8 Å². The smallest absolute Gasteiger partial charge is 1.00 e. The molecule has 4 nitrogen and oxygen atoms in total. The molecule has 0 heterocycles. The van der Waals surface area contributed by atoms with Crippen molar-refractivity contribution in [2.24, 2.45) is 0 Å². The fourth-order valence-corrected chi connectivity index (χ4v) is 0. The van der Waals surface area contributed by atoms with E-state index < -0.39 is 0 Å². The summed E-state index contributed by atoms with van der Waals surface area (Å²) in [5.74, 6) is 0. The zero-order chi connectivity index (χ0) is 8.00. The van der Waals surface area contributed by atoms with Crippen molar-refractivity contribution in [1.82, 2.24) is 0 Å². The molecule has 0 saturated carbocycles. The molecule has 0 aliphatic rings. The third kappa shape index (κ3) is 423. The Morgan fingerprint density at radius 3 is 0.556 bits per heavy atom. The summed E-state index contributed by atoms with van der Waals surface area (Å²) in [6, 6.07) is 0. The van der Waals surface area contributed by atoms with Gasteiger partial charge in [-0.3, -0.25) is 19.2 Å². The molecule has 0 N–H and O–H groups in total. The molecule has 0 aliphatic carbocycles. The maximum atomic E-state index is 7.50. The largest absolute Gasteiger partial charge is 3.00 e. The summed E-state index contributed by atoms with van der Waals surface area (Å²) in [6.45, 7) is 18.0. The van der Waals surface area contributed by atoms with Gasteiger partial charge in [0.1, 0.15) is 0 Å². The van der Waals surface area contributed by atoms with Crippen LogP contribution in [0.1, 0.15) is 4.28 Å². The van der Waals surface area contributed by atoms with Crippen LogP contribution in [-0.2, 0) is 38.7 Å². The van der Waals surface area contributed by atoms with Crippen LogP contribution in [0, 0.1) is 0 Å². The average molecular weight is 218 g/mol. The van der Waals surface area contributed by atoms with Gasteiger partial charge in [-0.1, -0.05) is 0 Å². The minimum absolute atomic E-state index is 0. The summed E-state index contributed by atoms with van der Waals surface area (Å²) >= 11 is 0. The molecule has 0 saturated heterocycles. The van der Waals surface area contributed by atoms with Crippen molar-refractivity contribution in [1.29, 1.82) is 0 Å². The molecule has 0 spiro atoms. The predicted molar refractivity (Wildman–Crippen MR) is 26.1 cm³/mol.